The standard InChI is InChI=1S/C30H26F6N6O3S/c1-2-20(43)41-11-15(12-41)45-26-17-8-18(30(34,35)36)21(16-4-5-19(32)25-24(16)38-27(37)46-25)22(33)23(17)39-28(40-26)44-13-29-6-3-7-42(29)10-14(31)9-29/h2,4-5,8,14-15H,1,3,6-7,9-13H2,(H2,37,38). The first-order valence-electron chi connectivity index (χ1n) is 14.4. The lowest BCUT2D eigenvalue weighted by atomic mass is 9.95. The van der Waals surface area contributed by atoms with E-state index in [0.717, 1.165) is 36.0 Å². The van der Waals surface area contributed by atoms with Gasteiger partial charge < -0.3 is 20.1 Å². The number of carbonyl (C=O) groups excluding carboxylic acids is 1. The van der Waals surface area contributed by atoms with E-state index >= 15 is 4.39 Å². The number of anilines is 1. The molecule has 5 heterocycles. The maximum Gasteiger partial charge on any atom is 0.417 e. The van der Waals surface area contributed by atoms with E-state index in [4.69, 9.17) is 15.2 Å². The van der Waals surface area contributed by atoms with E-state index in [1.165, 1.54) is 4.90 Å². The van der Waals surface area contributed by atoms with Crippen molar-refractivity contribution in [3.05, 3.63) is 48.1 Å². The number of carbonyl (C=O) groups is 1. The van der Waals surface area contributed by atoms with Crippen LogP contribution in [-0.4, -0.2) is 81.3 Å². The molecule has 7 rings (SSSR count). The van der Waals surface area contributed by atoms with Gasteiger partial charge in [-0.2, -0.15) is 23.1 Å². The number of benzene rings is 2. The SMILES string of the molecule is C=CC(=O)N1CC(Oc2nc(OCC34CCCN3CC(F)C4)nc3c(F)c(-c4ccc(F)c5sc(N)nc45)c(C(F)(F)F)cc23)C1. The van der Waals surface area contributed by atoms with Crippen molar-refractivity contribution >= 4 is 43.5 Å². The van der Waals surface area contributed by atoms with Gasteiger partial charge in [0.2, 0.25) is 11.8 Å². The molecule has 2 N–H and O–H groups in total. The molecule has 0 spiro atoms. The Morgan fingerprint density at radius 1 is 1.17 bits per heavy atom. The first-order chi connectivity index (χ1) is 21.9. The third kappa shape index (κ3) is 5.07. The van der Waals surface area contributed by atoms with Crippen LogP contribution in [0.1, 0.15) is 24.8 Å². The number of amides is 1. The number of alkyl halides is 4. The summed E-state index contributed by atoms with van der Waals surface area (Å²) in [6.45, 7) is 4.52. The van der Waals surface area contributed by atoms with E-state index in [2.05, 4.69) is 21.5 Å². The van der Waals surface area contributed by atoms with Gasteiger partial charge in [0.1, 0.15) is 30.2 Å². The summed E-state index contributed by atoms with van der Waals surface area (Å²) in [6.07, 6.45) is -3.97. The number of aromatic nitrogens is 3. The monoisotopic (exact) mass is 664 g/mol. The second-order valence-electron chi connectivity index (χ2n) is 11.7. The molecule has 2 aromatic heterocycles. The van der Waals surface area contributed by atoms with Crippen molar-refractivity contribution in [3.63, 3.8) is 0 Å². The van der Waals surface area contributed by atoms with Crippen LogP contribution in [0.2, 0.25) is 0 Å². The van der Waals surface area contributed by atoms with E-state index in [1.807, 2.05) is 4.90 Å². The molecule has 3 aliphatic heterocycles. The Morgan fingerprint density at radius 3 is 2.70 bits per heavy atom. The van der Waals surface area contributed by atoms with Gasteiger partial charge in [0.25, 0.3) is 0 Å². The van der Waals surface area contributed by atoms with Crippen molar-refractivity contribution in [2.75, 3.05) is 38.5 Å². The highest BCUT2D eigenvalue weighted by Crippen LogP contribution is 2.46. The average molecular weight is 665 g/mol. The molecular formula is C30H26F6N6O3S. The number of likely N-dealkylation sites (tertiary alicyclic amines) is 1. The molecule has 2 atom stereocenters. The van der Waals surface area contributed by atoms with Crippen molar-refractivity contribution in [1.29, 1.82) is 0 Å². The normalized spacial score (nSPS) is 22.0. The molecule has 46 heavy (non-hydrogen) atoms. The maximum absolute atomic E-state index is 16.6. The molecule has 4 aromatic rings. The number of fused-ring (bicyclic) bond motifs is 3. The van der Waals surface area contributed by atoms with Crippen LogP contribution in [0.25, 0.3) is 32.2 Å². The molecule has 0 bridgehead atoms. The van der Waals surface area contributed by atoms with Crippen LogP contribution in [0.15, 0.2) is 30.9 Å². The molecule has 0 aliphatic carbocycles. The van der Waals surface area contributed by atoms with Gasteiger partial charge in [0, 0.05) is 24.1 Å². The fourth-order valence-corrected chi connectivity index (χ4v) is 7.41. The van der Waals surface area contributed by atoms with Gasteiger partial charge in [-0.3, -0.25) is 9.69 Å². The second-order valence-corrected chi connectivity index (χ2v) is 12.7. The summed E-state index contributed by atoms with van der Waals surface area (Å²) in [5, 5.41) is -0.507. The fourth-order valence-electron chi connectivity index (χ4n) is 6.64. The Bertz CT molecular complexity index is 1900. The van der Waals surface area contributed by atoms with Gasteiger partial charge in [0.05, 0.1) is 39.8 Å². The van der Waals surface area contributed by atoms with Crippen molar-refractivity contribution in [1.82, 2.24) is 24.8 Å². The van der Waals surface area contributed by atoms with Crippen LogP contribution in [-0.2, 0) is 11.0 Å². The average Bonchev–Trinajstić information content (AvgIpc) is 3.65. The third-order valence-corrected chi connectivity index (χ3v) is 9.70. The predicted octanol–water partition coefficient (Wildman–Crippen LogP) is 5.52. The second kappa shape index (κ2) is 11.0. The molecule has 242 valence electrons. The molecular weight excluding hydrogens is 638 g/mol. The summed E-state index contributed by atoms with van der Waals surface area (Å²) >= 11 is 0.718. The molecule has 1 amide bonds. The maximum atomic E-state index is 16.6. The summed E-state index contributed by atoms with van der Waals surface area (Å²) in [4.78, 5) is 27.7. The van der Waals surface area contributed by atoms with E-state index in [9.17, 15) is 26.7 Å². The Hall–Kier alpha value is -4.18. The van der Waals surface area contributed by atoms with Crippen LogP contribution in [0.4, 0.5) is 31.5 Å². The zero-order valence-electron chi connectivity index (χ0n) is 24.0. The fraction of sp³-hybridized carbons (Fsp3) is 0.400. The van der Waals surface area contributed by atoms with E-state index in [1.54, 1.807) is 0 Å². The van der Waals surface area contributed by atoms with Crippen molar-refractivity contribution < 1.29 is 40.6 Å². The molecule has 0 saturated carbocycles. The minimum atomic E-state index is -5.08. The number of halogens is 6. The zero-order chi connectivity index (χ0) is 32.5. The number of hydrogen-bond donors (Lipinski definition) is 1. The number of nitrogens with two attached hydrogens (primary N) is 1. The lowest BCUT2D eigenvalue weighted by Gasteiger charge is -2.38. The third-order valence-electron chi connectivity index (χ3n) is 8.81. The molecule has 9 nitrogen and oxygen atoms in total. The van der Waals surface area contributed by atoms with Crippen LogP contribution in [0.5, 0.6) is 11.9 Å². The minimum absolute atomic E-state index is 0.0325. The highest BCUT2D eigenvalue weighted by atomic mass is 32.1. The molecule has 3 fully saturated rings. The van der Waals surface area contributed by atoms with Crippen LogP contribution in [0.3, 0.4) is 0 Å². The molecule has 16 heteroatoms. The van der Waals surface area contributed by atoms with E-state index in [0.29, 0.717) is 19.0 Å². The predicted molar refractivity (Wildman–Crippen MR) is 157 cm³/mol. The summed E-state index contributed by atoms with van der Waals surface area (Å²) in [6, 6.07) is 2.22. The number of rotatable bonds is 7. The lowest BCUT2D eigenvalue weighted by Crippen LogP contribution is -2.55. The quantitative estimate of drug-likeness (QED) is 0.204. The minimum Gasteiger partial charge on any atom is -0.470 e. The first-order valence-corrected chi connectivity index (χ1v) is 15.2. The highest BCUT2D eigenvalue weighted by molar-refractivity contribution is 7.22. The van der Waals surface area contributed by atoms with Crippen LogP contribution >= 0.6 is 11.3 Å². The van der Waals surface area contributed by atoms with E-state index in [-0.39, 0.29) is 71.4 Å². The Morgan fingerprint density at radius 2 is 1.96 bits per heavy atom. The lowest BCUT2D eigenvalue weighted by molar-refractivity contribution is -0.137. The van der Waals surface area contributed by atoms with Crippen LogP contribution < -0.4 is 15.2 Å². The molecule has 0 radical (unpaired) electrons. The number of nitrogen functional groups attached to an aromatic ring is 1. The smallest absolute Gasteiger partial charge is 0.417 e. The number of hydrogen-bond acceptors (Lipinski definition) is 9. The van der Waals surface area contributed by atoms with Gasteiger partial charge in [-0.25, -0.2) is 18.2 Å². The van der Waals surface area contributed by atoms with Gasteiger partial charge in [-0.1, -0.05) is 17.9 Å². The van der Waals surface area contributed by atoms with E-state index < -0.39 is 57.7 Å². The molecule has 2 aromatic carbocycles. The van der Waals surface area contributed by atoms with Gasteiger partial charge in [-0.05, 0) is 43.7 Å². The van der Waals surface area contributed by atoms with Crippen molar-refractivity contribution in [2.24, 2.45) is 0 Å². The number of ether oxygens (including phenoxy) is 2. The van der Waals surface area contributed by atoms with Crippen molar-refractivity contribution in [3.8, 4) is 23.0 Å². The first kappa shape index (κ1) is 30.5. The summed E-state index contributed by atoms with van der Waals surface area (Å²) in [5.74, 6) is -2.90. The van der Waals surface area contributed by atoms with Crippen molar-refractivity contribution in [2.45, 2.75) is 43.3 Å². The topological polar surface area (TPSA) is 107 Å². The molecule has 3 aliphatic rings. The Kier molecular flexibility index (Phi) is 7.27. The number of thiazole rings is 1. The summed E-state index contributed by atoms with van der Waals surface area (Å²) in [7, 11) is 0. The van der Waals surface area contributed by atoms with Crippen LogP contribution in [0, 0.1) is 11.6 Å². The zero-order valence-corrected chi connectivity index (χ0v) is 24.9. The molecule has 2 unspecified atom stereocenters. The van der Waals surface area contributed by atoms with Gasteiger partial charge >= 0.3 is 12.2 Å². The summed E-state index contributed by atoms with van der Waals surface area (Å²) < 4.78 is 101. The number of nitrogens with zero attached hydrogens (tertiary/aromatic N) is 5. The van der Waals surface area contributed by atoms with Gasteiger partial charge in [-0.15, -0.1) is 0 Å². The summed E-state index contributed by atoms with van der Waals surface area (Å²) in [5.41, 5.74) is 1.71. The molecule has 3 saturated heterocycles. The highest BCUT2D eigenvalue weighted by Gasteiger charge is 2.49. The largest absolute Gasteiger partial charge is 0.470 e. The Labute approximate surface area is 261 Å². The van der Waals surface area contributed by atoms with Gasteiger partial charge in [0.15, 0.2) is 10.9 Å². The Balaban J connectivity index is 1.37.